The van der Waals surface area contributed by atoms with Gasteiger partial charge < -0.3 is 20.1 Å². The van der Waals surface area contributed by atoms with Gasteiger partial charge in [-0.15, -0.1) is 0 Å². The number of ether oxygens (including phenoxy) is 2. The van der Waals surface area contributed by atoms with Crippen LogP contribution in [0.25, 0.3) is 0 Å². The van der Waals surface area contributed by atoms with Gasteiger partial charge in [0.25, 0.3) is 5.91 Å². The van der Waals surface area contributed by atoms with Crippen LogP contribution in [0.5, 0.6) is 11.5 Å². The smallest absolute Gasteiger partial charge is 0.251 e. The summed E-state index contributed by atoms with van der Waals surface area (Å²) in [7, 11) is 0. The number of benzene rings is 2. The average molecular weight is 326 g/mol. The molecule has 0 spiro atoms. The molecule has 0 bridgehead atoms. The average Bonchev–Trinajstić information content (AvgIpc) is 3.05. The van der Waals surface area contributed by atoms with E-state index in [0.717, 1.165) is 11.1 Å². The highest BCUT2D eigenvalue weighted by Crippen LogP contribution is 2.32. The number of fused-ring (bicyclic) bond motifs is 1. The Balaban J connectivity index is 1.47. The molecule has 124 valence electrons. The second-order valence-electron chi connectivity index (χ2n) is 5.52. The maximum atomic E-state index is 12.0. The Hall–Kier alpha value is -3.02. The van der Waals surface area contributed by atoms with E-state index in [1.807, 2.05) is 37.3 Å². The minimum atomic E-state index is -0.267. The number of carbonyl (C=O) groups excluding carboxylic acids is 2. The van der Waals surface area contributed by atoms with E-state index in [0.29, 0.717) is 23.6 Å². The molecule has 2 N–H and O–H groups in total. The molecule has 6 nitrogen and oxygen atoms in total. The van der Waals surface area contributed by atoms with E-state index < -0.39 is 0 Å². The lowest BCUT2D eigenvalue weighted by Crippen LogP contribution is -2.36. The Morgan fingerprint density at radius 3 is 2.71 bits per heavy atom. The van der Waals surface area contributed by atoms with Crippen LogP contribution in [0.4, 0.5) is 0 Å². The first-order chi connectivity index (χ1) is 11.6. The summed E-state index contributed by atoms with van der Waals surface area (Å²) in [6.45, 7) is 2.41. The Bertz CT molecular complexity index is 773. The Morgan fingerprint density at radius 2 is 1.88 bits per heavy atom. The van der Waals surface area contributed by atoms with E-state index in [9.17, 15) is 9.59 Å². The maximum Gasteiger partial charge on any atom is 0.251 e. The van der Waals surface area contributed by atoms with Crippen molar-refractivity contribution in [2.45, 2.75) is 13.5 Å². The molecule has 1 aliphatic heterocycles. The molecule has 0 saturated heterocycles. The van der Waals surface area contributed by atoms with Crippen LogP contribution in [0.1, 0.15) is 21.5 Å². The van der Waals surface area contributed by atoms with Crippen LogP contribution in [0.2, 0.25) is 0 Å². The minimum Gasteiger partial charge on any atom is -0.454 e. The molecule has 0 radical (unpaired) electrons. The monoisotopic (exact) mass is 326 g/mol. The van der Waals surface area contributed by atoms with E-state index in [1.165, 1.54) is 0 Å². The van der Waals surface area contributed by atoms with Crippen LogP contribution < -0.4 is 20.1 Å². The minimum absolute atomic E-state index is 0.0721. The zero-order chi connectivity index (χ0) is 16.9. The van der Waals surface area contributed by atoms with Gasteiger partial charge in [0.2, 0.25) is 12.7 Å². The van der Waals surface area contributed by atoms with Gasteiger partial charge in [0, 0.05) is 12.1 Å². The molecule has 0 aliphatic carbocycles. The largest absolute Gasteiger partial charge is 0.454 e. The van der Waals surface area contributed by atoms with Gasteiger partial charge in [-0.25, -0.2) is 0 Å². The van der Waals surface area contributed by atoms with Crippen molar-refractivity contribution in [3.63, 3.8) is 0 Å². The van der Waals surface area contributed by atoms with Gasteiger partial charge in [0.15, 0.2) is 11.5 Å². The second-order valence-corrected chi connectivity index (χ2v) is 5.52. The lowest BCUT2D eigenvalue weighted by atomic mass is 10.1. The third kappa shape index (κ3) is 3.84. The summed E-state index contributed by atoms with van der Waals surface area (Å²) in [5, 5.41) is 5.37. The van der Waals surface area contributed by atoms with E-state index in [-0.39, 0.29) is 25.2 Å². The molecule has 1 aliphatic rings. The number of hydrogen-bond donors (Lipinski definition) is 2. The van der Waals surface area contributed by atoms with Crippen molar-refractivity contribution in [1.82, 2.24) is 10.6 Å². The number of carbonyl (C=O) groups is 2. The first-order valence-corrected chi connectivity index (χ1v) is 7.62. The normalized spacial score (nSPS) is 11.9. The van der Waals surface area contributed by atoms with Crippen LogP contribution in [0.3, 0.4) is 0 Å². The van der Waals surface area contributed by atoms with Crippen molar-refractivity contribution >= 4 is 11.8 Å². The zero-order valence-corrected chi connectivity index (χ0v) is 13.3. The highest BCUT2D eigenvalue weighted by molar-refractivity contribution is 5.96. The van der Waals surface area contributed by atoms with Crippen LogP contribution in [-0.2, 0) is 11.3 Å². The molecular weight excluding hydrogens is 308 g/mol. The summed E-state index contributed by atoms with van der Waals surface area (Å²) in [5.41, 5.74) is 2.44. The quantitative estimate of drug-likeness (QED) is 0.878. The number of rotatable bonds is 5. The first-order valence-electron chi connectivity index (χ1n) is 7.62. The molecule has 1 heterocycles. The van der Waals surface area contributed by atoms with Gasteiger partial charge in [0.05, 0.1) is 6.54 Å². The summed E-state index contributed by atoms with van der Waals surface area (Å²) < 4.78 is 10.5. The fourth-order valence-electron chi connectivity index (χ4n) is 2.36. The lowest BCUT2D eigenvalue weighted by molar-refractivity contribution is -0.120. The number of aryl methyl sites for hydroxylation is 1. The third-order valence-electron chi connectivity index (χ3n) is 3.62. The molecular formula is C18H18N2O4. The first kappa shape index (κ1) is 15.9. The predicted molar refractivity (Wildman–Crippen MR) is 87.9 cm³/mol. The molecule has 0 fully saturated rings. The van der Waals surface area contributed by atoms with E-state index >= 15 is 0 Å². The fraction of sp³-hybridized carbons (Fsp3) is 0.222. The topological polar surface area (TPSA) is 76.7 Å². The van der Waals surface area contributed by atoms with E-state index in [2.05, 4.69) is 10.6 Å². The Morgan fingerprint density at radius 1 is 1.04 bits per heavy atom. The van der Waals surface area contributed by atoms with Gasteiger partial charge in [-0.2, -0.15) is 0 Å². The second kappa shape index (κ2) is 7.04. The molecule has 24 heavy (non-hydrogen) atoms. The fourth-order valence-corrected chi connectivity index (χ4v) is 2.36. The summed E-state index contributed by atoms with van der Waals surface area (Å²) in [6, 6.07) is 12.7. The molecule has 3 rings (SSSR count). The van der Waals surface area contributed by atoms with Crippen molar-refractivity contribution < 1.29 is 19.1 Å². The molecule has 2 aromatic rings. The SMILES string of the molecule is Cc1cccc(C(=O)NCC(=O)NCc2ccc3c(c2)OCO3)c1. The summed E-state index contributed by atoms with van der Waals surface area (Å²) in [6.07, 6.45) is 0. The van der Waals surface area contributed by atoms with Crippen LogP contribution in [0, 0.1) is 6.92 Å². The van der Waals surface area contributed by atoms with Gasteiger partial charge >= 0.3 is 0 Å². The molecule has 2 amide bonds. The van der Waals surface area contributed by atoms with Gasteiger partial charge in [0.1, 0.15) is 0 Å². The summed E-state index contributed by atoms with van der Waals surface area (Å²) in [5.74, 6) is 0.857. The van der Waals surface area contributed by atoms with Crippen molar-refractivity contribution in [2.75, 3.05) is 13.3 Å². The third-order valence-corrected chi connectivity index (χ3v) is 3.62. The highest BCUT2D eigenvalue weighted by atomic mass is 16.7. The van der Waals surface area contributed by atoms with Crippen molar-refractivity contribution in [2.24, 2.45) is 0 Å². The van der Waals surface area contributed by atoms with E-state index in [4.69, 9.17) is 9.47 Å². The number of hydrogen-bond acceptors (Lipinski definition) is 4. The zero-order valence-electron chi connectivity index (χ0n) is 13.3. The molecule has 2 aromatic carbocycles. The van der Waals surface area contributed by atoms with Gasteiger partial charge in [-0.05, 0) is 36.8 Å². The Labute approximate surface area is 139 Å². The standard InChI is InChI=1S/C18H18N2O4/c1-12-3-2-4-14(7-12)18(22)20-10-17(21)19-9-13-5-6-15-16(8-13)24-11-23-15/h2-8H,9-11H2,1H3,(H,19,21)(H,20,22). The summed E-state index contributed by atoms with van der Waals surface area (Å²) >= 11 is 0. The highest BCUT2D eigenvalue weighted by Gasteiger charge is 2.13. The van der Waals surface area contributed by atoms with Gasteiger partial charge in [-0.1, -0.05) is 23.8 Å². The van der Waals surface area contributed by atoms with Crippen molar-refractivity contribution in [3.05, 3.63) is 59.2 Å². The van der Waals surface area contributed by atoms with Gasteiger partial charge in [-0.3, -0.25) is 9.59 Å². The molecule has 0 unspecified atom stereocenters. The summed E-state index contributed by atoms with van der Waals surface area (Å²) in [4.78, 5) is 23.9. The molecule has 6 heteroatoms. The van der Waals surface area contributed by atoms with Crippen molar-refractivity contribution in [3.8, 4) is 11.5 Å². The van der Waals surface area contributed by atoms with E-state index in [1.54, 1.807) is 12.1 Å². The van der Waals surface area contributed by atoms with Crippen molar-refractivity contribution in [1.29, 1.82) is 0 Å². The molecule has 0 atom stereocenters. The maximum absolute atomic E-state index is 12.0. The number of amides is 2. The van der Waals surface area contributed by atoms with Crippen LogP contribution in [-0.4, -0.2) is 25.2 Å². The van der Waals surface area contributed by atoms with Crippen LogP contribution in [0.15, 0.2) is 42.5 Å². The predicted octanol–water partition coefficient (Wildman–Crippen LogP) is 1.77. The van der Waals surface area contributed by atoms with Crippen LogP contribution >= 0.6 is 0 Å². The molecule has 0 saturated carbocycles. The molecule has 0 aromatic heterocycles. The number of nitrogens with one attached hydrogen (secondary N) is 2. The Kier molecular flexibility index (Phi) is 4.65. The lowest BCUT2D eigenvalue weighted by Gasteiger charge is -2.08.